The Morgan fingerprint density at radius 1 is 1.12 bits per heavy atom. The van der Waals surface area contributed by atoms with Gasteiger partial charge >= 0.3 is 0 Å². The predicted octanol–water partition coefficient (Wildman–Crippen LogP) is 3.58. The number of anilines is 2. The highest BCUT2D eigenvalue weighted by Crippen LogP contribution is 2.30. The first-order chi connectivity index (χ1) is 11.2. The quantitative estimate of drug-likeness (QED) is 0.758. The summed E-state index contributed by atoms with van der Waals surface area (Å²) < 4.78 is 24.6. The molecule has 0 aliphatic rings. The fourth-order valence-corrected chi connectivity index (χ4v) is 3.60. The summed E-state index contributed by atoms with van der Waals surface area (Å²) in [5.41, 5.74) is 2.42. The van der Waals surface area contributed by atoms with Crippen molar-refractivity contribution in [2.45, 2.75) is 37.3 Å². The third-order valence-corrected chi connectivity index (χ3v) is 6.29. The van der Waals surface area contributed by atoms with E-state index in [-0.39, 0.29) is 4.90 Å². The van der Waals surface area contributed by atoms with Crippen LogP contribution in [-0.4, -0.2) is 28.3 Å². The van der Waals surface area contributed by atoms with E-state index < -0.39 is 14.6 Å². The van der Waals surface area contributed by atoms with E-state index in [2.05, 4.69) is 20.5 Å². The van der Waals surface area contributed by atoms with Gasteiger partial charge in [-0.15, -0.1) is 0 Å². The predicted molar refractivity (Wildman–Crippen MR) is 95.3 cm³/mol. The van der Waals surface area contributed by atoms with Gasteiger partial charge in [0, 0.05) is 23.3 Å². The van der Waals surface area contributed by atoms with E-state index in [4.69, 9.17) is 0 Å². The van der Waals surface area contributed by atoms with E-state index in [0.717, 1.165) is 22.3 Å². The van der Waals surface area contributed by atoms with Gasteiger partial charge < -0.3 is 5.32 Å². The summed E-state index contributed by atoms with van der Waals surface area (Å²) >= 11 is 0. The van der Waals surface area contributed by atoms with Crippen molar-refractivity contribution >= 4 is 32.2 Å². The summed E-state index contributed by atoms with van der Waals surface area (Å²) in [6, 6.07) is 8.69. The highest BCUT2D eigenvalue weighted by atomic mass is 32.2. The minimum absolute atomic E-state index is 0.289. The zero-order chi connectivity index (χ0) is 17.5. The molecular weight excluding hydrogens is 324 g/mol. The normalized spacial score (nSPS) is 12.5. The summed E-state index contributed by atoms with van der Waals surface area (Å²) in [6.07, 6.45) is 1.68. The number of fused-ring (bicyclic) bond motifs is 1. The number of nitrogens with one attached hydrogen (secondary N) is 2. The van der Waals surface area contributed by atoms with Crippen molar-refractivity contribution in [2.24, 2.45) is 0 Å². The van der Waals surface area contributed by atoms with Gasteiger partial charge in [0.1, 0.15) is 0 Å². The van der Waals surface area contributed by atoms with E-state index >= 15 is 0 Å². The number of pyridine rings is 1. The van der Waals surface area contributed by atoms with Gasteiger partial charge in [0.15, 0.2) is 15.7 Å². The lowest BCUT2D eigenvalue weighted by atomic mass is 10.2. The zero-order valence-electron chi connectivity index (χ0n) is 14.1. The van der Waals surface area contributed by atoms with E-state index in [1.54, 1.807) is 51.2 Å². The number of benzene rings is 1. The third kappa shape index (κ3) is 2.87. The number of aromatic amines is 1. The molecule has 2 aromatic heterocycles. The maximum Gasteiger partial charge on any atom is 0.183 e. The van der Waals surface area contributed by atoms with Gasteiger partial charge in [0.05, 0.1) is 20.8 Å². The Morgan fingerprint density at radius 3 is 2.50 bits per heavy atom. The topological polar surface area (TPSA) is 87.7 Å². The Balaban J connectivity index is 2.13. The molecule has 0 saturated carbocycles. The molecule has 0 bridgehead atoms. The molecule has 2 N–H and O–H groups in total. The van der Waals surface area contributed by atoms with Crippen LogP contribution in [0.2, 0.25) is 0 Å². The van der Waals surface area contributed by atoms with Crippen molar-refractivity contribution in [1.29, 1.82) is 0 Å². The molecule has 0 unspecified atom stereocenters. The molecular formula is C17H20N4O2S. The monoisotopic (exact) mass is 344 g/mol. The maximum atomic E-state index is 12.7. The summed E-state index contributed by atoms with van der Waals surface area (Å²) in [7, 11) is -3.43. The second kappa shape index (κ2) is 5.59. The number of H-pyrrole nitrogens is 1. The Kier molecular flexibility index (Phi) is 3.83. The van der Waals surface area contributed by atoms with E-state index in [0.29, 0.717) is 5.82 Å². The zero-order valence-corrected chi connectivity index (χ0v) is 14.9. The Morgan fingerprint density at radius 2 is 1.88 bits per heavy atom. The number of sulfone groups is 1. The molecule has 3 rings (SSSR count). The maximum absolute atomic E-state index is 12.7. The molecule has 7 heteroatoms. The average Bonchev–Trinajstić information content (AvgIpc) is 2.91. The molecule has 0 atom stereocenters. The lowest BCUT2D eigenvalue weighted by Gasteiger charge is -2.19. The number of rotatable bonds is 3. The summed E-state index contributed by atoms with van der Waals surface area (Å²) in [4.78, 5) is 4.60. The van der Waals surface area contributed by atoms with Crippen LogP contribution in [-0.2, 0) is 9.84 Å². The summed E-state index contributed by atoms with van der Waals surface area (Å²) in [5, 5.41) is 11.0. The van der Waals surface area contributed by atoms with E-state index in [1.807, 2.05) is 13.0 Å². The van der Waals surface area contributed by atoms with Crippen LogP contribution in [0.4, 0.5) is 11.5 Å². The van der Waals surface area contributed by atoms with Crippen LogP contribution in [0.5, 0.6) is 0 Å². The first-order valence-electron chi connectivity index (χ1n) is 7.61. The number of aryl methyl sites for hydroxylation is 1. The molecule has 0 amide bonds. The van der Waals surface area contributed by atoms with Crippen molar-refractivity contribution in [1.82, 2.24) is 15.2 Å². The first kappa shape index (κ1) is 16.4. The molecule has 2 heterocycles. The minimum atomic E-state index is -3.43. The molecule has 6 nitrogen and oxygen atoms in total. The molecule has 0 fully saturated rings. The molecule has 0 aliphatic carbocycles. The largest absolute Gasteiger partial charge is 0.338 e. The molecule has 0 radical (unpaired) electrons. The number of hydrogen-bond acceptors (Lipinski definition) is 5. The van der Waals surface area contributed by atoms with Crippen molar-refractivity contribution in [3.63, 3.8) is 0 Å². The number of hydrogen-bond donors (Lipinski definition) is 2. The molecule has 0 spiro atoms. The van der Waals surface area contributed by atoms with Crippen molar-refractivity contribution in [3.8, 4) is 0 Å². The second-order valence-electron chi connectivity index (χ2n) is 6.71. The van der Waals surface area contributed by atoms with Gasteiger partial charge in [0.25, 0.3) is 0 Å². The highest BCUT2D eigenvalue weighted by Gasteiger charge is 2.31. The van der Waals surface area contributed by atoms with Crippen LogP contribution in [0, 0.1) is 6.92 Å². The lowest BCUT2D eigenvalue weighted by Crippen LogP contribution is -2.27. The third-order valence-electron chi connectivity index (χ3n) is 3.80. The molecule has 126 valence electrons. The van der Waals surface area contributed by atoms with E-state index in [1.165, 1.54) is 0 Å². The van der Waals surface area contributed by atoms with Gasteiger partial charge in [-0.1, -0.05) is 0 Å². The highest BCUT2D eigenvalue weighted by molar-refractivity contribution is 7.92. The van der Waals surface area contributed by atoms with Crippen LogP contribution in [0.15, 0.2) is 41.4 Å². The van der Waals surface area contributed by atoms with E-state index in [9.17, 15) is 8.42 Å². The van der Waals surface area contributed by atoms with Crippen molar-refractivity contribution in [3.05, 3.63) is 42.2 Å². The average molecular weight is 344 g/mol. The van der Waals surface area contributed by atoms with Gasteiger partial charge in [-0.3, -0.25) is 10.1 Å². The molecule has 0 saturated heterocycles. The Hall–Kier alpha value is -2.41. The van der Waals surface area contributed by atoms with Gasteiger partial charge in [-0.25, -0.2) is 8.42 Å². The standard InChI is InChI=1S/C17H20N4O2S/c1-11-9-16(21-20-11)19-15-7-8-18-14-6-5-12(10-13(14)15)24(22,23)17(2,3)4/h5-10H,1-4H3,(H2,18,19,20,21). The molecule has 3 aromatic rings. The van der Waals surface area contributed by atoms with Gasteiger partial charge in [-0.2, -0.15) is 5.10 Å². The second-order valence-corrected chi connectivity index (χ2v) is 9.42. The van der Waals surface area contributed by atoms with Crippen molar-refractivity contribution in [2.75, 3.05) is 5.32 Å². The SMILES string of the molecule is Cc1cc(Nc2ccnc3ccc(S(=O)(=O)C(C)(C)C)cc23)n[nH]1. The molecule has 1 aromatic carbocycles. The fraction of sp³-hybridized carbons (Fsp3) is 0.294. The Labute approximate surface area is 141 Å². The number of aromatic nitrogens is 3. The smallest absolute Gasteiger partial charge is 0.183 e. The lowest BCUT2D eigenvalue weighted by molar-refractivity contribution is 0.560. The van der Waals surface area contributed by atoms with Crippen molar-refractivity contribution < 1.29 is 8.42 Å². The van der Waals surface area contributed by atoms with Gasteiger partial charge in [-0.05, 0) is 52.0 Å². The Bertz CT molecular complexity index is 1000. The van der Waals surface area contributed by atoms with Crippen LogP contribution in [0.25, 0.3) is 10.9 Å². The van der Waals surface area contributed by atoms with Crippen LogP contribution < -0.4 is 5.32 Å². The van der Waals surface area contributed by atoms with Crippen LogP contribution in [0.3, 0.4) is 0 Å². The number of nitrogens with zero attached hydrogens (tertiary/aromatic N) is 2. The van der Waals surface area contributed by atoms with Gasteiger partial charge in [0.2, 0.25) is 0 Å². The summed E-state index contributed by atoms with van der Waals surface area (Å²) in [6.45, 7) is 7.00. The minimum Gasteiger partial charge on any atom is -0.338 e. The van der Waals surface area contributed by atoms with Crippen LogP contribution in [0.1, 0.15) is 26.5 Å². The van der Waals surface area contributed by atoms with Crippen LogP contribution >= 0.6 is 0 Å². The fourth-order valence-electron chi connectivity index (χ4n) is 2.38. The molecule has 0 aliphatic heterocycles. The molecule has 24 heavy (non-hydrogen) atoms. The summed E-state index contributed by atoms with van der Waals surface area (Å²) in [5.74, 6) is 0.670. The first-order valence-corrected chi connectivity index (χ1v) is 9.09.